The zero-order valence-electron chi connectivity index (χ0n) is 13.2. The maximum absolute atomic E-state index is 12.2. The number of thiophene rings is 1. The maximum Gasteiger partial charge on any atom is 0.341 e. The lowest BCUT2D eigenvalue weighted by Gasteiger charge is -2.08. The van der Waals surface area contributed by atoms with E-state index >= 15 is 0 Å². The summed E-state index contributed by atoms with van der Waals surface area (Å²) >= 11 is 1.33. The van der Waals surface area contributed by atoms with Crippen molar-refractivity contribution in [2.45, 2.75) is 25.7 Å². The van der Waals surface area contributed by atoms with Crippen molar-refractivity contribution in [2.75, 3.05) is 32.1 Å². The second-order valence-electron chi connectivity index (χ2n) is 5.21. The topological polar surface area (TPSA) is 96.5 Å². The number of carbonyl (C=O) groups is 3. The second-order valence-corrected chi connectivity index (χ2v) is 6.09. The van der Waals surface area contributed by atoms with Crippen molar-refractivity contribution in [3.63, 3.8) is 0 Å². The minimum Gasteiger partial charge on any atom is -0.462 e. The van der Waals surface area contributed by atoms with Crippen molar-refractivity contribution < 1.29 is 19.1 Å². The Hall–Kier alpha value is -1.93. The number of rotatable bonds is 8. The smallest absolute Gasteiger partial charge is 0.341 e. The summed E-state index contributed by atoms with van der Waals surface area (Å²) in [6, 6.07) is 0. The van der Waals surface area contributed by atoms with E-state index < -0.39 is 5.97 Å². The number of anilines is 1. The zero-order valence-corrected chi connectivity index (χ0v) is 14.0. The van der Waals surface area contributed by atoms with Crippen LogP contribution in [0.1, 0.15) is 41.6 Å². The molecule has 0 spiro atoms. The van der Waals surface area contributed by atoms with Gasteiger partial charge in [0.1, 0.15) is 5.00 Å². The van der Waals surface area contributed by atoms with Gasteiger partial charge >= 0.3 is 5.97 Å². The van der Waals surface area contributed by atoms with Gasteiger partial charge in [0.15, 0.2) is 0 Å². The Kier molecular flexibility index (Phi) is 6.12. The van der Waals surface area contributed by atoms with Crippen LogP contribution < -0.4 is 16.0 Å². The van der Waals surface area contributed by atoms with E-state index in [-0.39, 0.29) is 24.9 Å². The Morgan fingerprint density at radius 3 is 2.57 bits per heavy atom. The van der Waals surface area contributed by atoms with Gasteiger partial charge < -0.3 is 15.4 Å². The van der Waals surface area contributed by atoms with Gasteiger partial charge in [0.25, 0.3) is 0 Å². The van der Waals surface area contributed by atoms with E-state index in [1.807, 2.05) is 5.38 Å². The molecule has 0 bridgehead atoms. The summed E-state index contributed by atoms with van der Waals surface area (Å²) < 4.78 is 5.10. The first-order valence-corrected chi connectivity index (χ1v) is 8.44. The third-order valence-electron chi connectivity index (χ3n) is 3.42. The average Bonchev–Trinajstić information content (AvgIpc) is 3.28. The van der Waals surface area contributed by atoms with E-state index in [0.29, 0.717) is 23.1 Å². The van der Waals surface area contributed by atoms with Gasteiger partial charge in [0, 0.05) is 7.05 Å². The van der Waals surface area contributed by atoms with Gasteiger partial charge in [-0.05, 0) is 36.6 Å². The van der Waals surface area contributed by atoms with Crippen LogP contribution in [0.2, 0.25) is 0 Å². The predicted octanol–water partition coefficient (Wildman–Crippen LogP) is 1.08. The molecule has 126 valence electrons. The SMILES string of the molecule is CCOC(=O)c1c(C2CC2)csc1NC(=O)CNCC(=O)NC. The Morgan fingerprint density at radius 1 is 1.26 bits per heavy atom. The molecule has 3 N–H and O–H groups in total. The number of hydrogen-bond donors (Lipinski definition) is 3. The van der Waals surface area contributed by atoms with Crippen LogP contribution in [-0.2, 0) is 14.3 Å². The molecule has 2 rings (SSSR count). The maximum atomic E-state index is 12.2. The molecule has 0 radical (unpaired) electrons. The summed E-state index contributed by atoms with van der Waals surface area (Å²) in [4.78, 5) is 35.2. The predicted molar refractivity (Wildman–Crippen MR) is 87.8 cm³/mol. The number of likely N-dealkylation sites (N-methyl/N-ethyl adjacent to an activating group) is 1. The van der Waals surface area contributed by atoms with Crippen molar-refractivity contribution in [3.8, 4) is 0 Å². The Balaban J connectivity index is 2.00. The Morgan fingerprint density at radius 2 is 1.96 bits per heavy atom. The van der Waals surface area contributed by atoms with E-state index in [9.17, 15) is 14.4 Å². The highest BCUT2D eigenvalue weighted by Crippen LogP contribution is 2.46. The fourth-order valence-electron chi connectivity index (χ4n) is 2.12. The second kappa shape index (κ2) is 8.07. The summed E-state index contributed by atoms with van der Waals surface area (Å²) in [5.74, 6) is -0.507. The van der Waals surface area contributed by atoms with Crippen molar-refractivity contribution in [1.82, 2.24) is 10.6 Å². The van der Waals surface area contributed by atoms with Crippen LogP contribution in [-0.4, -0.2) is 44.5 Å². The van der Waals surface area contributed by atoms with Crippen molar-refractivity contribution in [3.05, 3.63) is 16.5 Å². The molecule has 8 heteroatoms. The van der Waals surface area contributed by atoms with Gasteiger partial charge in [0.05, 0.1) is 25.3 Å². The minimum atomic E-state index is -0.399. The quantitative estimate of drug-likeness (QED) is 0.616. The molecule has 1 aliphatic rings. The first-order valence-electron chi connectivity index (χ1n) is 7.56. The van der Waals surface area contributed by atoms with E-state index in [2.05, 4.69) is 16.0 Å². The molecule has 7 nitrogen and oxygen atoms in total. The van der Waals surface area contributed by atoms with Crippen LogP contribution in [0.25, 0.3) is 0 Å². The molecule has 1 heterocycles. The molecule has 0 aromatic carbocycles. The highest BCUT2D eigenvalue weighted by Gasteiger charge is 2.32. The summed E-state index contributed by atoms with van der Waals surface area (Å²) in [5, 5.41) is 10.3. The van der Waals surface area contributed by atoms with Crippen LogP contribution in [0.3, 0.4) is 0 Å². The van der Waals surface area contributed by atoms with Crippen LogP contribution in [0.15, 0.2) is 5.38 Å². The summed E-state index contributed by atoms with van der Waals surface area (Å²) in [6.07, 6.45) is 2.12. The van der Waals surface area contributed by atoms with Crippen LogP contribution >= 0.6 is 11.3 Å². The third kappa shape index (κ3) is 4.77. The van der Waals surface area contributed by atoms with Gasteiger partial charge in [-0.1, -0.05) is 0 Å². The number of esters is 1. The van der Waals surface area contributed by atoms with Gasteiger partial charge in [-0.15, -0.1) is 11.3 Å². The number of nitrogens with one attached hydrogen (secondary N) is 3. The summed E-state index contributed by atoms with van der Waals surface area (Å²) in [5.41, 5.74) is 1.43. The van der Waals surface area contributed by atoms with Gasteiger partial charge in [0.2, 0.25) is 11.8 Å². The summed E-state index contributed by atoms with van der Waals surface area (Å²) in [6.45, 7) is 2.10. The first kappa shape index (κ1) is 17.4. The van der Waals surface area contributed by atoms with E-state index in [1.165, 1.54) is 18.4 Å². The molecule has 0 saturated heterocycles. The lowest BCUT2D eigenvalue weighted by atomic mass is 10.1. The molecular formula is C15H21N3O4S. The van der Waals surface area contributed by atoms with Gasteiger partial charge in [-0.25, -0.2) is 4.79 Å². The molecular weight excluding hydrogens is 318 g/mol. The highest BCUT2D eigenvalue weighted by atomic mass is 32.1. The van der Waals surface area contributed by atoms with Crippen molar-refractivity contribution >= 4 is 34.1 Å². The van der Waals surface area contributed by atoms with Crippen LogP contribution in [0, 0.1) is 0 Å². The molecule has 1 aromatic rings. The normalized spacial score (nSPS) is 13.5. The van der Waals surface area contributed by atoms with Crippen LogP contribution in [0.4, 0.5) is 5.00 Å². The van der Waals surface area contributed by atoms with Crippen molar-refractivity contribution in [2.24, 2.45) is 0 Å². The molecule has 0 atom stereocenters. The molecule has 0 unspecified atom stereocenters. The first-order chi connectivity index (χ1) is 11.1. The van der Waals surface area contributed by atoms with E-state index in [1.54, 1.807) is 6.92 Å². The van der Waals surface area contributed by atoms with Crippen LogP contribution in [0.5, 0.6) is 0 Å². The number of ether oxygens (including phenoxy) is 1. The third-order valence-corrected chi connectivity index (χ3v) is 4.33. The Labute approximate surface area is 138 Å². The van der Waals surface area contributed by atoms with E-state index in [0.717, 1.165) is 18.4 Å². The number of hydrogen-bond acceptors (Lipinski definition) is 6. The molecule has 23 heavy (non-hydrogen) atoms. The van der Waals surface area contributed by atoms with Crippen molar-refractivity contribution in [1.29, 1.82) is 0 Å². The van der Waals surface area contributed by atoms with E-state index in [4.69, 9.17) is 4.74 Å². The monoisotopic (exact) mass is 339 g/mol. The summed E-state index contributed by atoms with van der Waals surface area (Å²) in [7, 11) is 1.53. The van der Waals surface area contributed by atoms with Gasteiger partial charge in [-0.3, -0.25) is 14.9 Å². The Bertz CT molecular complexity index is 596. The van der Waals surface area contributed by atoms with Gasteiger partial charge in [-0.2, -0.15) is 0 Å². The number of amides is 2. The highest BCUT2D eigenvalue weighted by molar-refractivity contribution is 7.15. The molecule has 1 aliphatic carbocycles. The molecule has 1 fully saturated rings. The fraction of sp³-hybridized carbons (Fsp3) is 0.533. The standard InChI is InChI=1S/C15H21N3O4S/c1-3-22-15(21)13-10(9-4-5-9)8-23-14(13)18-12(20)7-17-6-11(19)16-2/h8-9,17H,3-7H2,1-2H3,(H,16,19)(H,18,20). The molecule has 1 aromatic heterocycles. The largest absolute Gasteiger partial charge is 0.462 e. The fourth-order valence-corrected chi connectivity index (χ4v) is 3.17. The minimum absolute atomic E-state index is 0.00759. The zero-order chi connectivity index (χ0) is 16.8. The molecule has 2 amide bonds. The molecule has 0 aliphatic heterocycles. The average molecular weight is 339 g/mol. The molecule has 1 saturated carbocycles. The lowest BCUT2D eigenvalue weighted by molar-refractivity contribution is -0.120. The lowest BCUT2D eigenvalue weighted by Crippen LogP contribution is -2.36. The number of carbonyl (C=O) groups excluding carboxylic acids is 3.